The molecule has 8 rings (SSSR count). The molecule has 0 aromatic heterocycles. The number of phenolic OH excluding ortho intramolecular Hbond substituents is 1. The highest BCUT2D eigenvalue weighted by molar-refractivity contribution is 5.98. The van der Waals surface area contributed by atoms with E-state index in [1.165, 1.54) is 24.6 Å². The summed E-state index contributed by atoms with van der Waals surface area (Å²) >= 11 is 0. The van der Waals surface area contributed by atoms with Crippen LogP contribution in [0, 0.1) is 23.0 Å². The first-order valence-corrected chi connectivity index (χ1v) is 21.7. The molecule has 1 atom stereocenters. The van der Waals surface area contributed by atoms with E-state index in [9.17, 15) is 28.7 Å². The molecule has 3 aromatic carbocycles. The average Bonchev–Trinajstić information content (AvgIpc) is 3.86. The third kappa shape index (κ3) is 10.9. The van der Waals surface area contributed by atoms with Crippen molar-refractivity contribution in [2.45, 2.75) is 76.8 Å². The van der Waals surface area contributed by atoms with Crippen LogP contribution in [0.5, 0.6) is 11.5 Å². The number of aldehydes is 1. The number of amides is 3. The molecule has 61 heavy (non-hydrogen) atoms. The number of aromatic hydroxyl groups is 1. The molecule has 4 fully saturated rings. The Bertz CT molecular complexity index is 2000. The Hall–Kier alpha value is -5.08. The summed E-state index contributed by atoms with van der Waals surface area (Å²) < 4.78 is 36.3. The molecule has 1 unspecified atom stereocenters. The Morgan fingerprint density at radius 3 is 2.18 bits per heavy atom. The number of nitrogens with one attached hydrogen (secondary N) is 1. The molecule has 1 saturated carbocycles. The summed E-state index contributed by atoms with van der Waals surface area (Å²) in [6, 6.07) is 14.7. The molecule has 3 saturated heterocycles. The van der Waals surface area contributed by atoms with E-state index in [2.05, 4.69) is 27.1 Å². The van der Waals surface area contributed by atoms with Gasteiger partial charge in [-0.1, -0.05) is 37.1 Å². The van der Waals surface area contributed by atoms with E-state index in [0.29, 0.717) is 55.0 Å². The van der Waals surface area contributed by atoms with Crippen molar-refractivity contribution in [1.82, 2.24) is 20.0 Å². The van der Waals surface area contributed by atoms with Crippen LogP contribution < -0.4 is 19.9 Å². The van der Waals surface area contributed by atoms with Gasteiger partial charge in [-0.05, 0) is 87.9 Å². The molecule has 3 amide bonds. The number of ether oxygens (including phenoxy) is 1. The van der Waals surface area contributed by atoms with Gasteiger partial charge in [0.25, 0.3) is 5.91 Å². The first kappa shape index (κ1) is 45.4. The van der Waals surface area contributed by atoms with Crippen LogP contribution in [0.1, 0.15) is 91.7 Å². The molecule has 2 N–H and O–H groups in total. The van der Waals surface area contributed by atoms with E-state index in [1.807, 2.05) is 31.3 Å². The lowest BCUT2D eigenvalue weighted by atomic mass is 9.75. The number of piperidine rings is 2. The summed E-state index contributed by atoms with van der Waals surface area (Å²) in [4.78, 5) is 55.2. The predicted molar refractivity (Wildman–Crippen MR) is 232 cm³/mol. The van der Waals surface area contributed by atoms with Gasteiger partial charge in [0.15, 0.2) is 11.6 Å². The largest absolute Gasteiger partial charge is 0.503 e. The molecule has 1 aliphatic carbocycles. The van der Waals surface area contributed by atoms with Gasteiger partial charge in [-0.2, -0.15) is 0 Å². The molecule has 0 radical (unpaired) electrons. The Morgan fingerprint density at radius 2 is 1.57 bits per heavy atom. The molecule has 4 aliphatic heterocycles. The second-order valence-corrected chi connectivity index (χ2v) is 17.2. The Kier molecular flexibility index (Phi) is 15.4. The van der Waals surface area contributed by atoms with Crippen LogP contribution in [0.2, 0.25) is 0 Å². The van der Waals surface area contributed by atoms with Crippen LogP contribution in [0.25, 0.3) is 0 Å². The van der Waals surface area contributed by atoms with Crippen molar-refractivity contribution in [3.8, 4) is 11.5 Å². The fourth-order valence-corrected chi connectivity index (χ4v) is 9.50. The zero-order valence-electron chi connectivity index (χ0n) is 36.1. The van der Waals surface area contributed by atoms with Gasteiger partial charge in [0.2, 0.25) is 11.8 Å². The van der Waals surface area contributed by atoms with Gasteiger partial charge in [0.1, 0.15) is 17.9 Å². The summed E-state index contributed by atoms with van der Waals surface area (Å²) in [6.45, 7) is 7.98. The Labute approximate surface area is 358 Å². The van der Waals surface area contributed by atoms with Crippen molar-refractivity contribution < 1.29 is 37.8 Å². The third-order valence-electron chi connectivity index (χ3n) is 13.1. The van der Waals surface area contributed by atoms with Gasteiger partial charge >= 0.3 is 0 Å². The predicted octanol–water partition coefficient (Wildman–Crippen LogP) is 6.56. The number of nitrogens with zero attached hydrogens (tertiary/aromatic N) is 5. The number of rotatable bonds is 10. The highest BCUT2D eigenvalue weighted by Crippen LogP contribution is 2.53. The summed E-state index contributed by atoms with van der Waals surface area (Å²) in [5.41, 5.74) is 2.46. The van der Waals surface area contributed by atoms with Crippen molar-refractivity contribution in [2.24, 2.45) is 11.3 Å². The van der Waals surface area contributed by atoms with Crippen LogP contribution in [-0.2, 0) is 20.9 Å². The van der Waals surface area contributed by atoms with Gasteiger partial charge in [-0.25, -0.2) is 8.78 Å². The van der Waals surface area contributed by atoms with Crippen LogP contribution in [0.15, 0.2) is 54.6 Å². The van der Waals surface area contributed by atoms with E-state index < -0.39 is 23.0 Å². The zero-order valence-corrected chi connectivity index (χ0v) is 36.1. The number of hydrogen-bond donors (Lipinski definition) is 2. The van der Waals surface area contributed by atoms with Crippen LogP contribution >= 0.6 is 0 Å². The van der Waals surface area contributed by atoms with Crippen LogP contribution in [0.4, 0.5) is 20.2 Å². The Morgan fingerprint density at radius 1 is 0.902 bits per heavy atom. The maximum absolute atomic E-state index is 16.0. The number of phenols is 1. The summed E-state index contributed by atoms with van der Waals surface area (Å²) in [5.74, 6) is -0.604. The number of methoxy groups -OCH3 is 1. The van der Waals surface area contributed by atoms with E-state index >= 15 is 4.39 Å². The zero-order chi connectivity index (χ0) is 43.7. The lowest BCUT2D eigenvalue weighted by molar-refractivity contribution is -0.133. The fourth-order valence-electron chi connectivity index (χ4n) is 9.50. The number of likely N-dealkylation sites (N-methyl/N-ethyl adjacent to an activating group) is 1. The van der Waals surface area contributed by atoms with Crippen molar-refractivity contribution >= 4 is 35.4 Å². The molecular weight excluding hydrogens is 783 g/mol. The normalized spacial score (nSPS) is 19.9. The van der Waals surface area contributed by atoms with E-state index in [1.54, 1.807) is 36.1 Å². The van der Waals surface area contributed by atoms with Gasteiger partial charge in [0.05, 0.1) is 29.9 Å². The number of fused-ring (bicyclic) bond motifs is 1. The van der Waals surface area contributed by atoms with Crippen molar-refractivity contribution in [3.05, 3.63) is 82.9 Å². The second-order valence-electron chi connectivity index (χ2n) is 17.2. The second kappa shape index (κ2) is 20.7. The summed E-state index contributed by atoms with van der Waals surface area (Å²) in [6.07, 6.45) is 8.89. The van der Waals surface area contributed by atoms with E-state index in [-0.39, 0.29) is 29.2 Å². The molecule has 12 nitrogen and oxygen atoms in total. The van der Waals surface area contributed by atoms with Gasteiger partial charge in [-0.15, -0.1) is 0 Å². The Balaban J connectivity index is 0.000000265. The van der Waals surface area contributed by atoms with Crippen LogP contribution in [-0.4, -0.2) is 118 Å². The van der Waals surface area contributed by atoms with Crippen molar-refractivity contribution in [1.29, 1.82) is 0 Å². The molecule has 0 spiro atoms. The lowest BCUT2D eigenvalue weighted by Crippen LogP contribution is -2.45. The third-order valence-corrected chi connectivity index (χ3v) is 13.1. The molecule has 5 aliphatic rings. The number of anilines is 2. The number of hydrogen-bond acceptors (Lipinski definition) is 10. The topological polar surface area (TPSA) is 126 Å². The van der Waals surface area contributed by atoms with Gasteiger partial charge in [0, 0.05) is 89.9 Å². The minimum absolute atomic E-state index is 0.138. The molecular formula is C47H62F2N6O6. The average molecular weight is 845 g/mol. The minimum atomic E-state index is -0.823. The first-order chi connectivity index (χ1) is 29.3. The van der Waals surface area contributed by atoms with Gasteiger partial charge in [-0.3, -0.25) is 19.7 Å². The van der Waals surface area contributed by atoms with Gasteiger partial charge < -0.3 is 39.1 Å². The van der Waals surface area contributed by atoms with E-state index in [0.717, 1.165) is 95.5 Å². The molecule has 0 bridgehead atoms. The standard InChI is InChI=1S/C33H46F2N4O3.C9H9NO.C5H7NO2/c1-36-17-19-38(20-18-36)14-9-24-10-15-39(16-11-24)29-22-30(42-3)25(21-27(29)35)32(33(23-40)12-4-5-13-33)37(2)28-8-6-7-26(34)31(28)41;1-10-6-7-4-2-3-5-8(7)9(10)11;7-4-2-1-3-5(8)6-4/h6-8,21-24,32,41H,4-5,9-20H2,1-3H3;2-5H,6H2,1H3;1-3H2,(H,6,7,8). The molecule has 3 aromatic rings. The number of benzene rings is 3. The highest BCUT2D eigenvalue weighted by atomic mass is 19.1. The number of carbonyl (C=O) groups is 4. The maximum Gasteiger partial charge on any atom is 0.254 e. The van der Waals surface area contributed by atoms with E-state index in [4.69, 9.17) is 4.74 Å². The monoisotopic (exact) mass is 844 g/mol. The molecule has 330 valence electrons. The number of piperazine rings is 1. The lowest BCUT2D eigenvalue weighted by Gasteiger charge is -2.42. The SMILES string of the molecule is CN1Cc2ccccc2C1=O.COc1cc(N2CCC(CCN3CCN(C)CC3)CC2)c(F)cc1C(N(C)c1cccc(F)c1O)C1(C=O)CCCC1.O=C1CCCC(=O)N1. The maximum atomic E-state index is 16.0. The van der Waals surface area contributed by atoms with Crippen molar-refractivity contribution in [2.75, 3.05) is 83.9 Å². The fraction of sp³-hybridized carbons (Fsp3) is 0.532. The summed E-state index contributed by atoms with van der Waals surface area (Å²) in [5, 5.41) is 12.8. The minimum Gasteiger partial charge on any atom is -0.503 e. The smallest absolute Gasteiger partial charge is 0.254 e. The first-order valence-electron chi connectivity index (χ1n) is 21.7. The number of imide groups is 1. The summed E-state index contributed by atoms with van der Waals surface area (Å²) in [7, 11) is 7.28. The number of halogens is 2. The molecule has 4 heterocycles. The number of para-hydroxylation sites is 1. The highest BCUT2D eigenvalue weighted by Gasteiger charge is 2.46. The van der Waals surface area contributed by atoms with Crippen molar-refractivity contribution in [3.63, 3.8) is 0 Å². The molecule has 14 heteroatoms. The quantitative estimate of drug-likeness (QED) is 0.171. The van der Waals surface area contributed by atoms with Crippen LogP contribution in [0.3, 0.4) is 0 Å². The number of carbonyl (C=O) groups excluding carboxylic acids is 4.